The Bertz CT molecular complexity index is 162. The summed E-state index contributed by atoms with van der Waals surface area (Å²) in [6.07, 6.45) is 5.37. The summed E-state index contributed by atoms with van der Waals surface area (Å²) in [6.45, 7) is 3.49. The molecule has 1 aliphatic rings. The van der Waals surface area contributed by atoms with Gasteiger partial charge in [0.2, 0.25) is 0 Å². The molecule has 0 amide bonds. The summed E-state index contributed by atoms with van der Waals surface area (Å²) in [6, 6.07) is 0. The summed E-state index contributed by atoms with van der Waals surface area (Å²) in [4.78, 5) is 0. The van der Waals surface area contributed by atoms with Crippen LogP contribution in [0.3, 0.4) is 0 Å². The summed E-state index contributed by atoms with van der Waals surface area (Å²) in [7, 11) is 0. The molecule has 1 saturated heterocycles. The molecule has 0 saturated carbocycles. The van der Waals surface area contributed by atoms with E-state index in [0.29, 0.717) is 12.5 Å². The van der Waals surface area contributed by atoms with Crippen molar-refractivity contribution in [2.24, 2.45) is 0 Å². The highest BCUT2D eigenvalue weighted by atomic mass is 35.5. The lowest BCUT2D eigenvalue weighted by molar-refractivity contribution is -0.156. The van der Waals surface area contributed by atoms with Crippen molar-refractivity contribution in [2.45, 2.75) is 32.5 Å². The van der Waals surface area contributed by atoms with E-state index in [1.807, 2.05) is 13.0 Å². The first-order valence-corrected chi connectivity index (χ1v) is 5.31. The van der Waals surface area contributed by atoms with E-state index < -0.39 is 0 Å². The van der Waals surface area contributed by atoms with Crippen molar-refractivity contribution in [1.82, 2.24) is 0 Å². The standard InChI is InChI=1S/C10H17ClO2/c1-9(5-6-11)8-13-10-4-2-3-7-12-10/h5,10H,2-4,6-8H2,1H3/b9-5-. The molecule has 0 N–H and O–H groups in total. The number of hydrogen-bond donors (Lipinski definition) is 0. The Morgan fingerprint density at radius 2 is 2.46 bits per heavy atom. The molecule has 76 valence electrons. The van der Waals surface area contributed by atoms with Crippen LogP contribution in [-0.4, -0.2) is 25.4 Å². The molecule has 0 bridgehead atoms. The minimum absolute atomic E-state index is 0.00688. The third-order valence-electron chi connectivity index (χ3n) is 2.06. The van der Waals surface area contributed by atoms with E-state index in [2.05, 4.69) is 0 Å². The van der Waals surface area contributed by atoms with Gasteiger partial charge in [0.05, 0.1) is 6.61 Å². The van der Waals surface area contributed by atoms with Crippen molar-refractivity contribution in [3.05, 3.63) is 11.6 Å². The first kappa shape index (κ1) is 11.0. The highest BCUT2D eigenvalue weighted by Crippen LogP contribution is 2.14. The van der Waals surface area contributed by atoms with Crippen LogP contribution in [0.1, 0.15) is 26.2 Å². The minimum atomic E-state index is 0.00688. The fraction of sp³-hybridized carbons (Fsp3) is 0.800. The van der Waals surface area contributed by atoms with E-state index in [1.54, 1.807) is 0 Å². The van der Waals surface area contributed by atoms with Crippen LogP contribution in [0.15, 0.2) is 11.6 Å². The van der Waals surface area contributed by atoms with Gasteiger partial charge in [-0.3, -0.25) is 0 Å². The quantitative estimate of drug-likeness (QED) is 0.518. The van der Waals surface area contributed by atoms with Crippen molar-refractivity contribution in [1.29, 1.82) is 0 Å². The van der Waals surface area contributed by atoms with Gasteiger partial charge in [-0.25, -0.2) is 0 Å². The summed E-state index contributed by atoms with van der Waals surface area (Å²) in [5, 5.41) is 0. The number of allylic oxidation sites excluding steroid dienone is 1. The SMILES string of the molecule is C/C(=C/CCl)COC1CCCCO1. The average Bonchev–Trinajstić information content (AvgIpc) is 2.17. The van der Waals surface area contributed by atoms with Gasteiger partial charge < -0.3 is 9.47 Å². The molecule has 0 radical (unpaired) electrons. The maximum atomic E-state index is 5.55. The van der Waals surface area contributed by atoms with Crippen LogP contribution in [0.25, 0.3) is 0 Å². The zero-order valence-corrected chi connectivity index (χ0v) is 8.85. The van der Waals surface area contributed by atoms with E-state index in [0.717, 1.165) is 19.4 Å². The molecule has 1 rings (SSSR count). The molecule has 0 aromatic rings. The van der Waals surface area contributed by atoms with E-state index in [1.165, 1.54) is 12.0 Å². The second-order valence-electron chi connectivity index (χ2n) is 3.31. The van der Waals surface area contributed by atoms with Gasteiger partial charge in [0.25, 0.3) is 0 Å². The predicted octanol–water partition coefficient (Wildman–Crippen LogP) is 2.71. The van der Waals surface area contributed by atoms with Crippen LogP contribution in [-0.2, 0) is 9.47 Å². The topological polar surface area (TPSA) is 18.5 Å². The van der Waals surface area contributed by atoms with Crippen molar-refractivity contribution in [2.75, 3.05) is 19.1 Å². The van der Waals surface area contributed by atoms with Crippen LogP contribution in [0.2, 0.25) is 0 Å². The third kappa shape index (κ3) is 4.65. The molecular weight excluding hydrogens is 188 g/mol. The van der Waals surface area contributed by atoms with Crippen LogP contribution in [0.4, 0.5) is 0 Å². The average molecular weight is 205 g/mol. The maximum absolute atomic E-state index is 5.55. The minimum Gasteiger partial charge on any atom is -0.353 e. The Kier molecular flexibility index (Phi) is 5.44. The second kappa shape index (κ2) is 6.41. The van der Waals surface area contributed by atoms with E-state index >= 15 is 0 Å². The number of halogens is 1. The highest BCUT2D eigenvalue weighted by Gasteiger charge is 2.13. The number of hydrogen-bond acceptors (Lipinski definition) is 2. The van der Waals surface area contributed by atoms with Crippen molar-refractivity contribution < 1.29 is 9.47 Å². The Morgan fingerprint density at radius 3 is 3.08 bits per heavy atom. The lowest BCUT2D eigenvalue weighted by Gasteiger charge is -2.22. The van der Waals surface area contributed by atoms with Gasteiger partial charge in [0.15, 0.2) is 6.29 Å². The van der Waals surface area contributed by atoms with Crippen LogP contribution < -0.4 is 0 Å². The molecule has 0 aromatic heterocycles. The summed E-state index contributed by atoms with van der Waals surface area (Å²) >= 11 is 5.55. The maximum Gasteiger partial charge on any atom is 0.158 e. The smallest absolute Gasteiger partial charge is 0.158 e. The van der Waals surface area contributed by atoms with Crippen molar-refractivity contribution >= 4 is 11.6 Å². The van der Waals surface area contributed by atoms with E-state index in [-0.39, 0.29) is 6.29 Å². The van der Waals surface area contributed by atoms with Crippen LogP contribution in [0, 0.1) is 0 Å². The highest BCUT2D eigenvalue weighted by molar-refractivity contribution is 6.18. The molecule has 1 aliphatic heterocycles. The van der Waals surface area contributed by atoms with E-state index in [4.69, 9.17) is 21.1 Å². The molecule has 1 unspecified atom stereocenters. The van der Waals surface area contributed by atoms with Crippen molar-refractivity contribution in [3.63, 3.8) is 0 Å². The number of alkyl halides is 1. The van der Waals surface area contributed by atoms with Gasteiger partial charge in [-0.2, -0.15) is 0 Å². The largest absolute Gasteiger partial charge is 0.353 e. The molecular formula is C10H17ClO2. The molecule has 1 atom stereocenters. The third-order valence-corrected chi connectivity index (χ3v) is 2.21. The Hall–Kier alpha value is -0.0500. The fourth-order valence-corrected chi connectivity index (χ4v) is 1.52. The summed E-state index contributed by atoms with van der Waals surface area (Å²) < 4.78 is 11.0. The normalized spacial score (nSPS) is 24.8. The van der Waals surface area contributed by atoms with Gasteiger partial charge >= 0.3 is 0 Å². The molecule has 1 heterocycles. The monoisotopic (exact) mass is 204 g/mol. The molecule has 1 fully saturated rings. The molecule has 0 spiro atoms. The molecule has 3 heteroatoms. The molecule has 2 nitrogen and oxygen atoms in total. The van der Waals surface area contributed by atoms with Gasteiger partial charge in [-0.1, -0.05) is 11.6 Å². The van der Waals surface area contributed by atoms with Gasteiger partial charge in [0.1, 0.15) is 0 Å². The first-order valence-electron chi connectivity index (χ1n) is 4.77. The van der Waals surface area contributed by atoms with Gasteiger partial charge in [-0.05, 0) is 26.2 Å². The molecule has 13 heavy (non-hydrogen) atoms. The Labute approximate surface area is 84.9 Å². The molecule has 0 aliphatic carbocycles. The zero-order chi connectivity index (χ0) is 9.52. The first-order chi connectivity index (χ1) is 6.33. The predicted molar refractivity (Wildman–Crippen MR) is 54.0 cm³/mol. The van der Waals surface area contributed by atoms with E-state index in [9.17, 15) is 0 Å². The Balaban J connectivity index is 2.13. The van der Waals surface area contributed by atoms with Crippen LogP contribution in [0.5, 0.6) is 0 Å². The van der Waals surface area contributed by atoms with Gasteiger partial charge in [0, 0.05) is 12.5 Å². The zero-order valence-electron chi connectivity index (χ0n) is 8.09. The summed E-state index contributed by atoms with van der Waals surface area (Å²) in [5.41, 5.74) is 1.17. The second-order valence-corrected chi connectivity index (χ2v) is 3.62. The van der Waals surface area contributed by atoms with Crippen molar-refractivity contribution in [3.8, 4) is 0 Å². The molecule has 0 aromatic carbocycles. The van der Waals surface area contributed by atoms with Crippen LogP contribution >= 0.6 is 11.6 Å². The van der Waals surface area contributed by atoms with Gasteiger partial charge in [-0.15, -0.1) is 11.6 Å². The number of ether oxygens (including phenoxy) is 2. The number of rotatable bonds is 4. The fourth-order valence-electron chi connectivity index (χ4n) is 1.26. The lowest BCUT2D eigenvalue weighted by atomic mass is 10.2. The Morgan fingerprint density at radius 1 is 1.62 bits per heavy atom. The summed E-state index contributed by atoms with van der Waals surface area (Å²) in [5.74, 6) is 0.556. The lowest BCUT2D eigenvalue weighted by Crippen LogP contribution is -2.22.